The second-order valence-corrected chi connectivity index (χ2v) is 13.6. The molecule has 8 nitrogen and oxygen atoms in total. The number of benzene rings is 4. The van der Waals surface area contributed by atoms with Gasteiger partial charge in [0.05, 0.1) is 17.7 Å². The minimum Gasteiger partial charge on any atom is -0.497 e. The van der Waals surface area contributed by atoms with E-state index >= 15 is 0 Å². The second kappa shape index (κ2) is 16.3. The van der Waals surface area contributed by atoms with Crippen LogP contribution in [-0.4, -0.2) is 50.9 Å². The topological polar surface area (TPSA) is 96.0 Å². The summed E-state index contributed by atoms with van der Waals surface area (Å²) in [6.07, 6.45) is 1.52. The van der Waals surface area contributed by atoms with Crippen LogP contribution in [0.2, 0.25) is 0 Å². The van der Waals surface area contributed by atoms with Crippen molar-refractivity contribution in [1.82, 2.24) is 10.2 Å². The van der Waals surface area contributed by atoms with E-state index in [2.05, 4.69) is 5.32 Å². The first kappa shape index (κ1) is 35.2. The molecule has 0 aromatic heterocycles. The van der Waals surface area contributed by atoms with Crippen LogP contribution >= 0.6 is 0 Å². The predicted octanol–water partition coefficient (Wildman–Crippen LogP) is 6.32. The number of carbonyl (C=O) groups excluding carboxylic acids is 2. The molecule has 0 fully saturated rings. The summed E-state index contributed by atoms with van der Waals surface area (Å²) in [5.41, 5.74) is 3.75. The number of rotatable bonds is 15. The summed E-state index contributed by atoms with van der Waals surface area (Å²) in [7, 11) is -2.61. The van der Waals surface area contributed by atoms with E-state index in [1.807, 2.05) is 94.4 Å². The van der Waals surface area contributed by atoms with E-state index in [0.29, 0.717) is 24.3 Å². The molecule has 4 rings (SSSR count). The quantitative estimate of drug-likeness (QED) is 0.162. The molecule has 0 saturated heterocycles. The number of hydrogen-bond acceptors (Lipinski definition) is 5. The van der Waals surface area contributed by atoms with Crippen molar-refractivity contribution in [2.45, 2.75) is 70.5 Å². The number of para-hydroxylation sites is 1. The SMILES string of the molecule is CCc1ccccc1N(CC(=O)N(Cc1cccc(OC)c1)[C@@H](Cc1ccccc1)C(=O)N[C@H](C)CC)S(=O)(=O)c1ccc(C)cc1. The van der Waals surface area contributed by atoms with Crippen LogP contribution in [-0.2, 0) is 39.0 Å². The van der Waals surface area contributed by atoms with Crippen molar-refractivity contribution in [1.29, 1.82) is 0 Å². The number of methoxy groups -OCH3 is 1. The Kier molecular flexibility index (Phi) is 12.2. The first-order valence-corrected chi connectivity index (χ1v) is 17.4. The van der Waals surface area contributed by atoms with Gasteiger partial charge in [-0.3, -0.25) is 13.9 Å². The molecule has 4 aromatic carbocycles. The molecule has 1 N–H and O–H groups in total. The molecule has 0 aliphatic rings. The Morgan fingerprint density at radius 2 is 1.51 bits per heavy atom. The lowest BCUT2D eigenvalue weighted by molar-refractivity contribution is -0.140. The zero-order chi connectivity index (χ0) is 34.0. The van der Waals surface area contributed by atoms with Crippen molar-refractivity contribution in [3.8, 4) is 5.75 Å². The summed E-state index contributed by atoms with van der Waals surface area (Å²) >= 11 is 0. The zero-order valence-electron chi connectivity index (χ0n) is 27.8. The molecular weight excluding hydrogens is 611 g/mol. The van der Waals surface area contributed by atoms with Gasteiger partial charge in [0.25, 0.3) is 10.0 Å². The molecule has 47 heavy (non-hydrogen) atoms. The predicted molar refractivity (Wildman–Crippen MR) is 187 cm³/mol. The van der Waals surface area contributed by atoms with Crippen LogP contribution in [0.5, 0.6) is 5.75 Å². The number of hydrogen-bond donors (Lipinski definition) is 1. The van der Waals surface area contributed by atoms with Crippen LogP contribution in [0, 0.1) is 6.92 Å². The van der Waals surface area contributed by atoms with Crippen LogP contribution < -0.4 is 14.4 Å². The van der Waals surface area contributed by atoms with Gasteiger partial charge in [-0.2, -0.15) is 0 Å². The highest BCUT2D eigenvalue weighted by Gasteiger charge is 2.35. The lowest BCUT2D eigenvalue weighted by Gasteiger charge is -2.34. The molecule has 2 amide bonds. The molecule has 9 heteroatoms. The first-order valence-electron chi connectivity index (χ1n) is 16.0. The molecule has 0 unspecified atom stereocenters. The minimum absolute atomic E-state index is 0.0648. The van der Waals surface area contributed by atoms with Gasteiger partial charge >= 0.3 is 0 Å². The smallest absolute Gasteiger partial charge is 0.264 e. The third kappa shape index (κ3) is 9.01. The minimum atomic E-state index is -4.18. The summed E-state index contributed by atoms with van der Waals surface area (Å²) in [5, 5.41) is 3.07. The summed E-state index contributed by atoms with van der Waals surface area (Å²) < 4.78 is 35.3. The van der Waals surface area contributed by atoms with Crippen LogP contribution in [0.1, 0.15) is 49.4 Å². The molecule has 0 aliphatic carbocycles. The van der Waals surface area contributed by atoms with Gasteiger partial charge < -0.3 is 15.0 Å². The van der Waals surface area contributed by atoms with E-state index in [9.17, 15) is 18.0 Å². The van der Waals surface area contributed by atoms with Gasteiger partial charge in [0.2, 0.25) is 11.8 Å². The van der Waals surface area contributed by atoms with E-state index in [1.54, 1.807) is 43.5 Å². The average Bonchev–Trinajstić information content (AvgIpc) is 3.09. The molecule has 0 heterocycles. The fourth-order valence-electron chi connectivity index (χ4n) is 5.37. The number of nitrogens with one attached hydrogen (secondary N) is 1. The Morgan fingerprint density at radius 3 is 2.17 bits per heavy atom. The van der Waals surface area contributed by atoms with Gasteiger partial charge in [0.1, 0.15) is 18.3 Å². The highest BCUT2D eigenvalue weighted by Crippen LogP contribution is 2.29. The second-order valence-electron chi connectivity index (χ2n) is 11.7. The highest BCUT2D eigenvalue weighted by molar-refractivity contribution is 7.92. The van der Waals surface area contributed by atoms with E-state index in [-0.39, 0.29) is 29.8 Å². The molecule has 0 bridgehead atoms. The molecule has 0 aliphatic heterocycles. The van der Waals surface area contributed by atoms with Gasteiger partial charge in [0.15, 0.2) is 0 Å². The van der Waals surface area contributed by atoms with E-state index in [4.69, 9.17) is 4.74 Å². The van der Waals surface area contributed by atoms with Crippen LogP contribution in [0.3, 0.4) is 0 Å². The third-order valence-corrected chi connectivity index (χ3v) is 10.1. The number of ether oxygens (including phenoxy) is 1. The fourth-order valence-corrected chi connectivity index (χ4v) is 6.82. The largest absolute Gasteiger partial charge is 0.497 e. The first-order chi connectivity index (χ1) is 22.6. The molecular formula is C38H45N3O5S. The number of aryl methyl sites for hydroxylation is 2. The van der Waals surface area contributed by atoms with Gasteiger partial charge in [-0.25, -0.2) is 8.42 Å². The van der Waals surface area contributed by atoms with Gasteiger partial charge in [0, 0.05) is 19.0 Å². The maximum Gasteiger partial charge on any atom is 0.264 e. The van der Waals surface area contributed by atoms with Crippen LogP contribution in [0.25, 0.3) is 0 Å². The molecule has 0 saturated carbocycles. The number of amides is 2. The zero-order valence-corrected chi connectivity index (χ0v) is 28.7. The average molecular weight is 656 g/mol. The maximum atomic E-state index is 14.7. The number of anilines is 1. The van der Waals surface area contributed by atoms with Crippen molar-refractivity contribution in [3.05, 3.63) is 125 Å². The van der Waals surface area contributed by atoms with Crippen molar-refractivity contribution in [3.63, 3.8) is 0 Å². The molecule has 4 aromatic rings. The van der Waals surface area contributed by atoms with Crippen molar-refractivity contribution < 1.29 is 22.7 Å². The van der Waals surface area contributed by atoms with Crippen LogP contribution in [0.4, 0.5) is 5.69 Å². The lowest BCUT2D eigenvalue weighted by atomic mass is 10.0. The van der Waals surface area contributed by atoms with Gasteiger partial charge in [-0.15, -0.1) is 0 Å². The third-order valence-electron chi connectivity index (χ3n) is 8.29. The Hall–Kier alpha value is -4.63. The molecule has 0 radical (unpaired) electrons. The Morgan fingerprint density at radius 1 is 0.851 bits per heavy atom. The summed E-state index contributed by atoms with van der Waals surface area (Å²) in [5.74, 6) is -0.199. The summed E-state index contributed by atoms with van der Waals surface area (Å²) in [6.45, 7) is 7.30. The normalized spacial score (nSPS) is 12.5. The molecule has 2 atom stereocenters. The Labute approximate surface area is 279 Å². The summed E-state index contributed by atoms with van der Waals surface area (Å²) in [4.78, 5) is 30.3. The Bertz CT molecular complexity index is 1740. The lowest BCUT2D eigenvalue weighted by Crippen LogP contribution is -2.54. The van der Waals surface area contributed by atoms with E-state index in [1.165, 1.54) is 9.21 Å². The maximum absolute atomic E-state index is 14.7. The molecule has 248 valence electrons. The summed E-state index contributed by atoms with van der Waals surface area (Å²) in [6, 6.07) is 29.6. The van der Waals surface area contributed by atoms with Crippen molar-refractivity contribution in [2.75, 3.05) is 18.0 Å². The van der Waals surface area contributed by atoms with E-state index in [0.717, 1.165) is 22.3 Å². The van der Waals surface area contributed by atoms with Crippen LogP contribution in [0.15, 0.2) is 108 Å². The molecule has 0 spiro atoms. The number of sulfonamides is 1. The van der Waals surface area contributed by atoms with Crippen molar-refractivity contribution in [2.24, 2.45) is 0 Å². The van der Waals surface area contributed by atoms with Crippen molar-refractivity contribution >= 4 is 27.5 Å². The number of nitrogens with zero attached hydrogens (tertiary/aromatic N) is 2. The van der Waals surface area contributed by atoms with Gasteiger partial charge in [-0.1, -0.05) is 92.2 Å². The monoisotopic (exact) mass is 655 g/mol. The number of carbonyl (C=O) groups is 2. The van der Waals surface area contributed by atoms with Gasteiger partial charge in [-0.05, 0) is 73.7 Å². The fraction of sp³-hybridized carbons (Fsp3) is 0.316. The Balaban J connectivity index is 1.84. The highest BCUT2D eigenvalue weighted by atomic mass is 32.2. The standard InChI is InChI=1S/C38H45N3O5S/c1-6-29(4)39-38(43)36(25-30-14-9-8-10-15-30)40(26-31-16-13-18-33(24-31)46-5)37(42)27-41(35-19-12-11-17-32(35)7-2)47(44,45)34-22-20-28(3)21-23-34/h8-24,29,36H,6-7,25-27H2,1-5H3,(H,39,43)/t29-,36+/m1/s1. The van der Waals surface area contributed by atoms with E-state index < -0.39 is 28.5 Å².